The molecule has 0 saturated carbocycles. The number of aliphatic carboxylic acids is 2. The third-order valence-electron chi connectivity index (χ3n) is 4.39. The second kappa shape index (κ2) is 14.7. The normalized spacial score (nSPS) is 15.3. The molecule has 0 heterocycles. The number of aliphatic hydroxyl groups is 1. The maximum Gasteiger partial charge on any atom is 0.326 e. The van der Waals surface area contributed by atoms with Crippen molar-refractivity contribution in [3.63, 3.8) is 0 Å². The number of carboxylic acid groups (broad SMARTS) is 2. The summed E-state index contributed by atoms with van der Waals surface area (Å²) in [6, 6.07) is -6.15. The van der Waals surface area contributed by atoms with Crippen molar-refractivity contribution in [1.82, 2.24) is 16.0 Å². The summed E-state index contributed by atoms with van der Waals surface area (Å²) in [5, 5.41) is 34.5. The summed E-state index contributed by atoms with van der Waals surface area (Å²) in [6.45, 7) is 1.47. The molecule has 0 fully saturated rings. The van der Waals surface area contributed by atoms with Crippen LogP contribution in [0.25, 0.3) is 0 Å². The maximum absolute atomic E-state index is 12.6. The first-order valence-electron chi connectivity index (χ1n) is 10.1. The van der Waals surface area contributed by atoms with Crippen LogP contribution in [-0.2, 0) is 28.8 Å². The minimum atomic E-state index is -1.72. The Morgan fingerprint density at radius 1 is 0.848 bits per heavy atom. The van der Waals surface area contributed by atoms with Gasteiger partial charge in [-0.15, -0.1) is 0 Å². The highest BCUT2D eigenvalue weighted by molar-refractivity contribution is 5.96. The number of hydrogen-bond acceptors (Lipinski definition) is 9. The van der Waals surface area contributed by atoms with Crippen LogP contribution < -0.4 is 33.2 Å². The number of rotatable bonds is 16. The number of unbranched alkanes of at least 4 members (excludes halogenated alkanes) is 1. The fourth-order valence-corrected chi connectivity index (χ4v) is 2.64. The number of carbonyl (C=O) groups excluding carboxylic acids is 4. The van der Waals surface area contributed by atoms with Crippen molar-refractivity contribution in [2.75, 3.05) is 6.54 Å². The first-order chi connectivity index (χ1) is 15.3. The van der Waals surface area contributed by atoms with Gasteiger partial charge in [-0.2, -0.15) is 0 Å². The zero-order chi connectivity index (χ0) is 25.7. The average molecular weight is 476 g/mol. The highest BCUT2D eigenvalue weighted by Crippen LogP contribution is 2.04. The topological polar surface area (TPSA) is 277 Å². The molecule has 0 rings (SSSR count). The molecule has 15 nitrogen and oxygen atoms in total. The van der Waals surface area contributed by atoms with Crippen molar-refractivity contribution in [3.8, 4) is 0 Å². The standard InChI is InChI=1S/C18H32N6O9/c1-8(25)14(17(31)22-10(18(32)33)4-2-3-5-19)24-16(30)11(7-13(27)28)23-15(29)9(20)6-12(21)26/h8-11,14,25H,2-7,19-20H2,1H3,(H2,21,26)(H,22,31)(H,23,29)(H,24,30)(H,27,28)(H,32,33). The van der Waals surface area contributed by atoms with E-state index in [9.17, 15) is 39.0 Å². The van der Waals surface area contributed by atoms with Gasteiger partial charge in [0.15, 0.2) is 0 Å². The predicted octanol–water partition coefficient (Wildman–Crippen LogP) is -4.29. The summed E-state index contributed by atoms with van der Waals surface area (Å²) in [4.78, 5) is 70.5. The van der Waals surface area contributed by atoms with Crippen molar-refractivity contribution in [2.24, 2.45) is 17.2 Å². The monoisotopic (exact) mass is 476 g/mol. The minimum absolute atomic E-state index is 0.0498. The average Bonchev–Trinajstić information content (AvgIpc) is 2.69. The van der Waals surface area contributed by atoms with Gasteiger partial charge in [0.1, 0.15) is 18.1 Å². The van der Waals surface area contributed by atoms with Crippen molar-refractivity contribution >= 4 is 35.6 Å². The van der Waals surface area contributed by atoms with Crippen molar-refractivity contribution in [3.05, 3.63) is 0 Å². The molecule has 4 amide bonds. The molecule has 0 aliphatic heterocycles. The summed E-state index contributed by atoms with van der Waals surface area (Å²) in [5.41, 5.74) is 15.8. The Balaban J connectivity index is 5.39. The first kappa shape index (κ1) is 29.7. The van der Waals surface area contributed by atoms with Crippen LogP contribution in [0.3, 0.4) is 0 Å². The second-order valence-corrected chi connectivity index (χ2v) is 7.35. The van der Waals surface area contributed by atoms with Crippen LogP contribution in [0.5, 0.6) is 0 Å². The van der Waals surface area contributed by atoms with Gasteiger partial charge in [0.25, 0.3) is 0 Å². The van der Waals surface area contributed by atoms with Crippen LogP contribution in [0, 0.1) is 0 Å². The van der Waals surface area contributed by atoms with E-state index >= 15 is 0 Å². The zero-order valence-electron chi connectivity index (χ0n) is 18.2. The van der Waals surface area contributed by atoms with Crippen LogP contribution in [0.4, 0.5) is 0 Å². The SMILES string of the molecule is CC(O)C(NC(=O)C(CC(=O)O)NC(=O)C(N)CC(N)=O)C(=O)NC(CCCCN)C(=O)O. The molecular formula is C18H32N6O9. The Hall–Kier alpha value is -3.30. The van der Waals surface area contributed by atoms with E-state index in [2.05, 4.69) is 10.6 Å². The Morgan fingerprint density at radius 3 is 1.88 bits per heavy atom. The highest BCUT2D eigenvalue weighted by Gasteiger charge is 2.33. The predicted molar refractivity (Wildman–Crippen MR) is 112 cm³/mol. The molecule has 0 aliphatic carbocycles. The molecule has 5 atom stereocenters. The minimum Gasteiger partial charge on any atom is -0.481 e. The first-order valence-corrected chi connectivity index (χ1v) is 10.1. The zero-order valence-corrected chi connectivity index (χ0v) is 18.2. The van der Waals surface area contributed by atoms with Crippen molar-refractivity contribution < 1.29 is 44.1 Å². The number of primary amides is 1. The van der Waals surface area contributed by atoms with E-state index in [0.717, 1.165) is 6.92 Å². The molecule has 0 aromatic heterocycles. The number of carbonyl (C=O) groups is 6. The lowest BCUT2D eigenvalue weighted by atomic mass is 10.1. The van der Waals surface area contributed by atoms with Gasteiger partial charge in [-0.3, -0.25) is 24.0 Å². The molecule has 0 bridgehead atoms. The van der Waals surface area contributed by atoms with E-state index in [1.807, 2.05) is 5.32 Å². The molecular weight excluding hydrogens is 444 g/mol. The highest BCUT2D eigenvalue weighted by atomic mass is 16.4. The lowest BCUT2D eigenvalue weighted by Crippen LogP contribution is -2.60. The third-order valence-corrected chi connectivity index (χ3v) is 4.39. The molecule has 0 spiro atoms. The van der Waals surface area contributed by atoms with Crippen molar-refractivity contribution in [1.29, 1.82) is 0 Å². The summed E-state index contributed by atoms with van der Waals surface area (Å²) in [7, 11) is 0. The third kappa shape index (κ3) is 11.8. The molecule has 0 aromatic rings. The summed E-state index contributed by atoms with van der Waals surface area (Å²) >= 11 is 0. The molecule has 15 heteroatoms. The molecule has 0 radical (unpaired) electrons. The molecule has 12 N–H and O–H groups in total. The molecule has 0 aliphatic rings. The van der Waals surface area contributed by atoms with Crippen LogP contribution in [0.15, 0.2) is 0 Å². The van der Waals surface area contributed by atoms with E-state index in [1.165, 1.54) is 0 Å². The quantitative estimate of drug-likeness (QED) is 0.0960. The molecule has 0 aromatic carbocycles. The lowest BCUT2D eigenvalue weighted by Gasteiger charge is -2.26. The Kier molecular flexibility index (Phi) is 13.2. The molecule has 188 valence electrons. The van der Waals surface area contributed by atoms with Crippen LogP contribution in [-0.4, -0.2) is 87.7 Å². The number of nitrogens with two attached hydrogens (primary N) is 3. The number of nitrogens with one attached hydrogen (secondary N) is 3. The fourth-order valence-electron chi connectivity index (χ4n) is 2.64. The van der Waals surface area contributed by atoms with Gasteiger partial charge in [-0.25, -0.2) is 4.79 Å². The number of amides is 4. The van der Waals surface area contributed by atoms with E-state index in [1.54, 1.807) is 0 Å². The van der Waals surface area contributed by atoms with Gasteiger partial charge >= 0.3 is 11.9 Å². The summed E-state index contributed by atoms with van der Waals surface area (Å²) in [5.74, 6) is -6.96. The van der Waals surface area contributed by atoms with Crippen molar-refractivity contribution in [2.45, 2.75) is 69.3 Å². The lowest BCUT2D eigenvalue weighted by molar-refractivity contribution is -0.144. The summed E-state index contributed by atoms with van der Waals surface area (Å²) < 4.78 is 0. The maximum atomic E-state index is 12.6. The van der Waals surface area contributed by atoms with Gasteiger partial charge < -0.3 is 48.5 Å². The van der Waals surface area contributed by atoms with Crippen LogP contribution >= 0.6 is 0 Å². The van der Waals surface area contributed by atoms with E-state index in [4.69, 9.17) is 22.3 Å². The van der Waals surface area contributed by atoms with Gasteiger partial charge in [-0.05, 0) is 32.7 Å². The van der Waals surface area contributed by atoms with E-state index < -0.39 is 78.7 Å². The molecule has 33 heavy (non-hydrogen) atoms. The molecule has 0 saturated heterocycles. The van der Waals surface area contributed by atoms with Gasteiger partial charge in [-0.1, -0.05) is 0 Å². The fraction of sp³-hybridized carbons (Fsp3) is 0.667. The van der Waals surface area contributed by atoms with Gasteiger partial charge in [0, 0.05) is 0 Å². The van der Waals surface area contributed by atoms with Gasteiger partial charge in [0.05, 0.1) is 25.0 Å². The number of hydrogen-bond donors (Lipinski definition) is 9. The summed E-state index contributed by atoms with van der Waals surface area (Å²) in [6.07, 6.45) is -2.01. The van der Waals surface area contributed by atoms with E-state index in [-0.39, 0.29) is 6.42 Å². The van der Waals surface area contributed by atoms with Crippen LogP contribution in [0.2, 0.25) is 0 Å². The number of carboxylic acids is 2. The molecule has 5 unspecified atom stereocenters. The smallest absolute Gasteiger partial charge is 0.326 e. The van der Waals surface area contributed by atoms with Gasteiger partial charge in [0.2, 0.25) is 23.6 Å². The van der Waals surface area contributed by atoms with Crippen LogP contribution in [0.1, 0.15) is 39.0 Å². The largest absolute Gasteiger partial charge is 0.481 e. The Bertz CT molecular complexity index is 730. The Morgan fingerprint density at radius 2 is 1.42 bits per heavy atom. The number of aliphatic hydroxyl groups excluding tert-OH is 1. The van der Waals surface area contributed by atoms with E-state index in [0.29, 0.717) is 19.4 Å². The Labute approximate surface area is 189 Å². The second-order valence-electron chi connectivity index (χ2n) is 7.35.